The molecule has 0 bridgehead atoms. The summed E-state index contributed by atoms with van der Waals surface area (Å²) in [6.07, 6.45) is 2.76. The van der Waals surface area contributed by atoms with E-state index in [1.54, 1.807) is 47.2 Å². The maximum Gasteiger partial charge on any atom is 0.253 e. The fraction of sp³-hybridized carbons (Fsp3) is 0.200. The molecule has 3 rings (SSSR count). The van der Waals surface area contributed by atoms with Crippen LogP contribution in [0.2, 0.25) is 0 Å². The number of thioether (sulfide) groups is 1. The summed E-state index contributed by atoms with van der Waals surface area (Å²) in [5.74, 6) is 1.55. The van der Waals surface area contributed by atoms with Crippen LogP contribution in [0.15, 0.2) is 47.9 Å². The van der Waals surface area contributed by atoms with Crippen molar-refractivity contribution < 1.29 is 9.84 Å². The number of benzene rings is 1. The minimum absolute atomic E-state index is 0.157. The average molecular weight is 327 g/mol. The number of nitriles is 1. The number of aliphatic hydroxyl groups excluding tert-OH is 1. The highest BCUT2D eigenvalue weighted by molar-refractivity contribution is 7.99. The Labute approximate surface area is 136 Å². The summed E-state index contributed by atoms with van der Waals surface area (Å²) < 4.78 is 7.07. The Morgan fingerprint density at radius 2 is 2.17 bits per heavy atom. The normalized spacial score (nSPS) is 12.0. The smallest absolute Gasteiger partial charge is 0.253 e. The summed E-state index contributed by atoms with van der Waals surface area (Å²) in [6.45, 7) is 0.157. The Morgan fingerprint density at radius 1 is 1.35 bits per heavy atom. The summed E-state index contributed by atoms with van der Waals surface area (Å²) in [5.41, 5.74) is 0.569. The van der Waals surface area contributed by atoms with Crippen molar-refractivity contribution in [3.05, 3.63) is 48.3 Å². The Kier molecular flexibility index (Phi) is 4.71. The van der Waals surface area contributed by atoms with Crippen LogP contribution in [0.4, 0.5) is 0 Å². The fourth-order valence-corrected chi connectivity index (χ4v) is 2.54. The van der Waals surface area contributed by atoms with E-state index >= 15 is 0 Å². The third-order valence-electron chi connectivity index (χ3n) is 2.93. The van der Waals surface area contributed by atoms with Gasteiger partial charge in [-0.15, -0.1) is 5.10 Å². The molecular weight excluding hydrogens is 314 g/mol. The largest absolute Gasteiger partial charge is 0.491 e. The molecule has 0 aliphatic heterocycles. The zero-order chi connectivity index (χ0) is 16.1. The SMILES string of the molecule is N#Cc1ccc(OCC(O)CSc2nc3ncccn3n2)cc1. The lowest BCUT2D eigenvalue weighted by molar-refractivity contribution is 0.126. The zero-order valence-electron chi connectivity index (χ0n) is 12.0. The third kappa shape index (κ3) is 3.97. The maximum atomic E-state index is 9.97. The first kappa shape index (κ1) is 15.3. The first-order valence-corrected chi connectivity index (χ1v) is 7.84. The number of fused-ring (bicyclic) bond motifs is 1. The molecule has 1 aromatic carbocycles. The van der Waals surface area contributed by atoms with Crippen molar-refractivity contribution >= 4 is 17.5 Å². The van der Waals surface area contributed by atoms with Crippen LogP contribution in [0.3, 0.4) is 0 Å². The van der Waals surface area contributed by atoms with E-state index in [2.05, 4.69) is 15.1 Å². The highest BCUT2D eigenvalue weighted by Crippen LogP contribution is 2.16. The number of rotatable bonds is 6. The lowest BCUT2D eigenvalue weighted by atomic mass is 10.2. The molecule has 2 heterocycles. The molecule has 3 aromatic rings. The molecule has 8 heteroatoms. The standard InChI is InChI=1S/C15H13N5O2S/c16-8-11-2-4-13(5-3-11)22-9-12(21)10-23-15-18-14-17-6-1-7-20(14)19-15/h1-7,12,21H,9-10H2. The molecule has 0 spiro atoms. The number of hydrogen-bond acceptors (Lipinski definition) is 7. The van der Waals surface area contributed by atoms with Crippen LogP contribution in [0.25, 0.3) is 5.78 Å². The first-order chi connectivity index (χ1) is 11.2. The van der Waals surface area contributed by atoms with Crippen molar-refractivity contribution in [3.63, 3.8) is 0 Å². The van der Waals surface area contributed by atoms with Gasteiger partial charge in [0.05, 0.1) is 17.7 Å². The Hall–Kier alpha value is -2.63. The minimum Gasteiger partial charge on any atom is -0.491 e. The lowest BCUT2D eigenvalue weighted by Crippen LogP contribution is -2.20. The van der Waals surface area contributed by atoms with Crippen LogP contribution in [-0.2, 0) is 0 Å². The highest BCUT2D eigenvalue weighted by Gasteiger charge is 2.10. The summed E-state index contributed by atoms with van der Waals surface area (Å²) in [5, 5.41) is 23.5. The predicted molar refractivity (Wildman–Crippen MR) is 84.2 cm³/mol. The topological polar surface area (TPSA) is 96.3 Å². The van der Waals surface area contributed by atoms with Crippen molar-refractivity contribution in [2.45, 2.75) is 11.3 Å². The Balaban J connectivity index is 1.49. The van der Waals surface area contributed by atoms with Crippen LogP contribution < -0.4 is 4.74 Å². The van der Waals surface area contributed by atoms with Gasteiger partial charge in [-0.05, 0) is 30.3 Å². The Morgan fingerprint density at radius 3 is 2.91 bits per heavy atom. The molecule has 0 aliphatic carbocycles. The van der Waals surface area contributed by atoms with Gasteiger partial charge in [-0.25, -0.2) is 9.50 Å². The van der Waals surface area contributed by atoms with Crippen molar-refractivity contribution in [3.8, 4) is 11.8 Å². The van der Waals surface area contributed by atoms with Crippen molar-refractivity contribution in [2.24, 2.45) is 0 Å². The van der Waals surface area contributed by atoms with Crippen LogP contribution in [0.5, 0.6) is 5.75 Å². The molecule has 1 N–H and O–H groups in total. The third-order valence-corrected chi connectivity index (χ3v) is 3.91. The second-order valence-corrected chi connectivity index (χ2v) is 5.66. The van der Waals surface area contributed by atoms with Gasteiger partial charge < -0.3 is 9.84 Å². The summed E-state index contributed by atoms with van der Waals surface area (Å²) >= 11 is 1.34. The Bertz CT molecular complexity index is 795. The first-order valence-electron chi connectivity index (χ1n) is 6.86. The molecular formula is C15H13N5O2S. The molecule has 23 heavy (non-hydrogen) atoms. The van der Waals surface area contributed by atoms with Gasteiger partial charge in [-0.1, -0.05) is 11.8 Å². The van der Waals surface area contributed by atoms with Gasteiger partial charge >= 0.3 is 0 Å². The van der Waals surface area contributed by atoms with Crippen molar-refractivity contribution in [1.29, 1.82) is 5.26 Å². The van der Waals surface area contributed by atoms with E-state index in [0.29, 0.717) is 28.0 Å². The monoisotopic (exact) mass is 327 g/mol. The molecule has 0 saturated heterocycles. The molecule has 116 valence electrons. The lowest BCUT2D eigenvalue weighted by Gasteiger charge is -2.11. The highest BCUT2D eigenvalue weighted by atomic mass is 32.2. The van der Waals surface area contributed by atoms with Crippen LogP contribution in [0, 0.1) is 11.3 Å². The van der Waals surface area contributed by atoms with Crippen LogP contribution >= 0.6 is 11.8 Å². The van der Waals surface area contributed by atoms with E-state index in [-0.39, 0.29) is 6.61 Å². The van der Waals surface area contributed by atoms with E-state index < -0.39 is 6.10 Å². The average Bonchev–Trinajstić information content (AvgIpc) is 3.01. The molecule has 1 atom stereocenters. The van der Waals surface area contributed by atoms with E-state index in [4.69, 9.17) is 10.00 Å². The van der Waals surface area contributed by atoms with E-state index in [1.807, 2.05) is 6.07 Å². The molecule has 0 fully saturated rings. The summed E-state index contributed by atoms with van der Waals surface area (Å²) in [7, 11) is 0. The molecule has 2 aromatic heterocycles. The summed E-state index contributed by atoms with van der Waals surface area (Å²) in [6, 6.07) is 10.6. The van der Waals surface area contributed by atoms with E-state index in [9.17, 15) is 5.11 Å². The van der Waals surface area contributed by atoms with Crippen molar-refractivity contribution in [2.75, 3.05) is 12.4 Å². The fourth-order valence-electron chi connectivity index (χ4n) is 1.81. The number of ether oxygens (including phenoxy) is 1. The maximum absolute atomic E-state index is 9.97. The van der Waals surface area contributed by atoms with Crippen molar-refractivity contribution in [1.82, 2.24) is 19.6 Å². The van der Waals surface area contributed by atoms with E-state index in [1.165, 1.54) is 11.8 Å². The molecule has 0 aliphatic rings. The summed E-state index contributed by atoms with van der Waals surface area (Å²) in [4.78, 5) is 8.33. The van der Waals surface area contributed by atoms with Crippen LogP contribution in [-0.4, -0.2) is 43.2 Å². The van der Waals surface area contributed by atoms with Gasteiger partial charge in [0.15, 0.2) is 0 Å². The number of aliphatic hydroxyl groups is 1. The molecule has 0 amide bonds. The predicted octanol–water partition coefficient (Wildman–Crippen LogP) is 1.53. The second kappa shape index (κ2) is 7.09. The van der Waals surface area contributed by atoms with Gasteiger partial charge in [0.2, 0.25) is 5.16 Å². The van der Waals surface area contributed by atoms with Gasteiger partial charge in [0.25, 0.3) is 5.78 Å². The molecule has 7 nitrogen and oxygen atoms in total. The number of aromatic nitrogens is 4. The molecule has 0 saturated carbocycles. The van der Waals surface area contributed by atoms with Gasteiger partial charge in [-0.2, -0.15) is 10.2 Å². The number of nitrogens with zero attached hydrogens (tertiary/aromatic N) is 5. The van der Waals surface area contributed by atoms with Crippen LogP contribution in [0.1, 0.15) is 5.56 Å². The number of hydrogen-bond donors (Lipinski definition) is 1. The molecule has 1 unspecified atom stereocenters. The van der Waals surface area contributed by atoms with Gasteiger partial charge in [0.1, 0.15) is 12.4 Å². The zero-order valence-corrected chi connectivity index (χ0v) is 12.8. The second-order valence-electron chi connectivity index (χ2n) is 4.67. The van der Waals surface area contributed by atoms with E-state index in [0.717, 1.165) is 0 Å². The van der Waals surface area contributed by atoms with Gasteiger partial charge in [0, 0.05) is 18.1 Å². The minimum atomic E-state index is -0.657. The molecule has 0 radical (unpaired) electrons. The quantitative estimate of drug-likeness (QED) is 0.686. The van der Waals surface area contributed by atoms with Gasteiger partial charge in [-0.3, -0.25) is 0 Å².